The lowest BCUT2D eigenvalue weighted by atomic mass is 10.1. The quantitative estimate of drug-likeness (QED) is 0.260. The summed E-state index contributed by atoms with van der Waals surface area (Å²) in [5, 5.41) is 10.8. The maximum absolute atomic E-state index is 12.0. The molecule has 0 aliphatic carbocycles. The van der Waals surface area contributed by atoms with Crippen LogP contribution in [0.4, 0.5) is 0 Å². The summed E-state index contributed by atoms with van der Waals surface area (Å²) < 4.78 is 1.92. The molecule has 1 amide bonds. The van der Waals surface area contributed by atoms with E-state index in [0.29, 0.717) is 5.56 Å². The smallest absolute Gasteiger partial charge is 0.253 e. The van der Waals surface area contributed by atoms with E-state index in [2.05, 4.69) is 20.7 Å². The Labute approximate surface area is 178 Å². The van der Waals surface area contributed by atoms with E-state index in [4.69, 9.17) is 0 Å². The summed E-state index contributed by atoms with van der Waals surface area (Å²) in [4.78, 5) is 17.9. The van der Waals surface area contributed by atoms with Crippen LogP contribution in [0.25, 0.3) is 0 Å². The van der Waals surface area contributed by atoms with E-state index < -0.39 is 0 Å². The second-order valence-electron chi connectivity index (χ2n) is 6.20. The van der Waals surface area contributed by atoms with Crippen molar-refractivity contribution < 1.29 is 4.79 Å². The number of carbonyl (C=O) groups excluding carboxylic acids is 1. The van der Waals surface area contributed by atoms with Gasteiger partial charge in [0.25, 0.3) is 5.91 Å². The molecule has 8 heteroatoms. The van der Waals surface area contributed by atoms with Gasteiger partial charge in [-0.05, 0) is 36.6 Å². The summed E-state index contributed by atoms with van der Waals surface area (Å²) in [5.41, 5.74) is 1.84. The van der Waals surface area contributed by atoms with Crippen LogP contribution >= 0.6 is 24.0 Å². The highest BCUT2D eigenvalue weighted by atomic mass is 127. The zero-order valence-electron chi connectivity index (χ0n) is 16.2. The first kappa shape index (κ1) is 22.9. The zero-order chi connectivity index (χ0) is 18.8. The largest absolute Gasteiger partial charge is 0.356 e. The number of guanidine groups is 1. The van der Waals surface area contributed by atoms with Gasteiger partial charge in [0.05, 0.1) is 0 Å². The zero-order valence-corrected chi connectivity index (χ0v) is 18.5. The summed E-state index contributed by atoms with van der Waals surface area (Å²) in [5.74, 6) is 0.806. The molecule has 0 aliphatic heterocycles. The molecule has 2 N–H and O–H groups in total. The number of nitrogens with one attached hydrogen (secondary N) is 2. The van der Waals surface area contributed by atoms with E-state index in [1.165, 1.54) is 0 Å². The molecule has 1 heterocycles. The summed E-state index contributed by atoms with van der Waals surface area (Å²) in [6, 6.07) is 9.68. The number of hydrogen-bond acceptors (Lipinski definition) is 3. The van der Waals surface area contributed by atoms with Gasteiger partial charge in [0.15, 0.2) is 5.96 Å². The van der Waals surface area contributed by atoms with Gasteiger partial charge in [-0.25, -0.2) is 0 Å². The lowest BCUT2D eigenvalue weighted by molar-refractivity contribution is 0.0827. The van der Waals surface area contributed by atoms with E-state index in [0.717, 1.165) is 44.0 Å². The predicted octanol–water partition coefficient (Wildman–Crippen LogP) is 2.00. The number of benzene rings is 1. The average Bonchev–Trinajstić information content (AvgIpc) is 3.16. The number of aliphatic imine (C=N–C) groups is 1. The fourth-order valence-electron chi connectivity index (χ4n) is 2.54. The lowest BCUT2D eigenvalue weighted by Crippen LogP contribution is -2.39. The molecule has 2 aromatic rings. The molecule has 0 radical (unpaired) electrons. The number of aromatic nitrogens is 2. The minimum atomic E-state index is 0. The fraction of sp³-hybridized carbons (Fsp3) is 0.421. The van der Waals surface area contributed by atoms with Crippen LogP contribution in [0.5, 0.6) is 0 Å². The van der Waals surface area contributed by atoms with Crippen LogP contribution in [0, 0.1) is 0 Å². The van der Waals surface area contributed by atoms with E-state index in [1.807, 2.05) is 41.2 Å². The highest BCUT2D eigenvalue weighted by Crippen LogP contribution is 2.07. The number of aryl methyl sites for hydroxylation is 1. The highest BCUT2D eigenvalue weighted by Gasteiger charge is 2.08. The molecule has 0 aliphatic rings. The van der Waals surface area contributed by atoms with Crippen LogP contribution in [0.2, 0.25) is 0 Å². The van der Waals surface area contributed by atoms with Crippen molar-refractivity contribution in [1.82, 2.24) is 25.3 Å². The van der Waals surface area contributed by atoms with Crippen molar-refractivity contribution in [2.24, 2.45) is 4.99 Å². The average molecular weight is 484 g/mol. The summed E-state index contributed by atoms with van der Waals surface area (Å²) >= 11 is 0. The molecule has 0 atom stereocenters. The monoisotopic (exact) mass is 484 g/mol. The van der Waals surface area contributed by atoms with Crippen LogP contribution in [0.3, 0.4) is 0 Å². The molecule has 27 heavy (non-hydrogen) atoms. The number of hydrogen-bond donors (Lipinski definition) is 2. The maximum atomic E-state index is 12.0. The minimum absolute atomic E-state index is 0. The van der Waals surface area contributed by atoms with E-state index in [1.54, 1.807) is 32.2 Å². The molecule has 0 bridgehead atoms. The SMILES string of the molecule is CN=C(NCCCn1cccn1)NCCc1cccc(C(=O)N(C)C)c1.I. The van der Waals surface area contributed by atoms with Crippen LogP contribution in [-0.4, -0.2) is 60.8 Å². The van der Waals surface area contributed by atoms with Crippen molar-refractivity contribution >= 4 is 35.8 Å². The van der Waals surface area contributed by atoms with Gasteiger partial charge < -0.3 is 15.5 Å². The highest BCUT2D eigenvalue weighted by molar-refractivity contribution is 14.0. The Bertz CT molecular complexity index is 715. The van der Waals surface area contributed by atoms with Gasteiger partial charge in [0.1, 0.15) is 0 Å². The third kappa shape index (κ3) is 7.98. The molecule has 1 aromatic carbocycles. The molecule has 148 valence electrons. The molecule has 0 spiro atoms. The number of rotatable bonds is 8. The molecular weight excluding hydrogens is 455 g/mol. The normalized spacial score (nSPS) is 10.9. The Hall–Kier alpha value is -2.10. The standard InChI is InChI=1S/C19H28N6O.HI/c1-20-19(21-10-5-13-25-14-6-11-23-25)22-12-9-16-7-4-8-17(15-16)18(26)24(2)3;/h4,6-8,11,14-15H,5,9-10,12-13H2,1-3H3,(H2,20,21,22);1H. The van der Waals surface area contributed by atoms with Gasteiger partial charge in [0.2, 0.25) is 0 Å². The van der Waals surface area contributed by atoms with E-state index in [9.17, 15) is 4.79 Å². The first-order valence-corrected chi connectivity index (χ1v) is 8.82. The number of halogens is 1. The second kappa shape index (κ2) is 12.3. The molecule has 1 aromatic heterocycles. The van der Waals surface area contributed by atoms with Crippen molar-refractivity contribution in [3.63, 3.8) is 0 Å². The van der Waals surface area contributed by atoms with Crippen LogP contribution in [0.1, 0.15) is 22.3 Å². The molecule has 2 rings (SSSR count). The first-order chi connectivity index (χ1) is 12.6. The molecule has 0 unspecified atom stereocenters. The third-order valence-electron chi connectivity index (χ3n) is 3.93. The number of nitrogens with zero attached hydrogens (tertiary/aromatic N) is 4. The predicted molar refractivity (Wildman–Crippen MR) is 120 cm³/mol. The van der Waals surface area contributed by atoms with Crippen molar-refractivity contribution in [3.05, 3.63) is 53.9 Å². The van der Waals surface area contributed by atoms with E-state index in [-0.39, 0.29) is 29.9 Å². The van der Waals surface area contributed by atoms with Gasteiger partial charge in [-0.2, -0.15) is 5.10 Å². The Morgan fingerprint density at radius 1 is 1.22 bits per heavy atom. The number of carbonyl (C=O) groups is 1. The Kier molecular flexibility index (Phi) is 10.5. The summed E-state index contributed by atoms with van der Waals surface area (Å²) in [7, 11) is 5.29. The fourth-order valence-corrected chi connectivity index (χ4v) is 2.54. The van der Waals surface area contributed by atoms with Crippen LogP contribution in [0.15, 0.2) is 47.7 Å². The van der Waals surface area contributed by atoms with Crippen LogP contribution < -0.4 is 10.6 Å². The van der Waals surface area contributed by atoms with Gasteiger partial charge in [-0.3, -0.25) is 14.5 Å². The van der Waals surface area contributed by atoms with Crippen molar-refractivity contribution in [3.8, 4) is 0 Å². The lowest BCUT2D eigenvalue weighted by Gasteiger charge is -2.13. The van der Waals surface area contributed by atoms with Crippen molar-refractivity contribution in [2.75, 3.05) is 34.2 Å². The van der Waals surface area contributed by atoms with Crippen molar-refractivity contribution in [2.45, 2.75) is 19.4 Å². The van der Waals surface area contributed by atoms with Gasteiger partial charge in [-0.15, -0.1) is 24.0 Å². The first-order valence-electron chi connectivity index (χ1n) is 8.82. The second-order valence-corrected chi connectivity index (χ2v) is 6.20. The Balaban J connectivity index is 0.00000364. The third-order valence-corrected chi connectivity index (χ3v) is 3.93. The van der Waals surface area contributed by atoms with Gasteiger partial charge in [0, 0.05) is 58.7 Å². The minimum Gasteiger partial charge on any atom is -0.356 e. The van der Waals surface area contributed by atoms with E-state index >= 15 is 0 Å². The molecular formula is C19H29IN6O. The van der Waals surface area contributed by atoms with Crippen molar-refractivity contribution in [1.29, 1.82) is 0 Å². The molecule has 0 saturated heterocycles. The summed E-state index contributed by atoms with van der Waals surface area (Å²) in [6.45, 7) is 2.45. The molecule has 0 fully saturated rings. The van der Waals surface area contributed by atoms with Crippen LogP contribution in [-0.2, 0) is 13.0 Å². The Morgan fingerprint density at radius 3 is 2.67 bits per heavy atom. The number of amides is 1. The molecule has 7 nitrogen and oxygen atoms in total. The topological polar surface area (TPSA) is 74.5 Å². The summed E-state index contributed by atoms with van der Waals surface area (Å²) in [6.07, 6.45) is 5.54. The van der Waals surface area contributed by atoms with Gasteiger partial charge >= 0.3 is 0 Å². The Morgan fingerprint density at radius 2 is 2.00 bits per heavy atom. The molecule has 0 saturated carbocycles. The van der Waals surface area contributed by atoms with Gasteiger partial charge in [-0.1, -0.05) is 12.1 Å². The maximum Gasteiger partial charge on any atom is 0.253 e.